The number of alkyl halides is 3. The summed E-state index contributed by atoms with van der Waals surface area (Å²) in [5.74, 6) is -6.60. The Morgan fingerprint density at radius 1 is 1.16 bits per heavy atom. The minimum Gasteiger partial charge on any atom is -0.352 e. The van der Waals surface area contributed by atoms with E-state index in [1.165, 1.54) is 6.92 Å². The molecule has 1 aromatic heterocycles. The maximum atomic E-state index is 14.0. The lowest BCUT2D eigenvalue weighted by Gasteiger charge is -2.47. The molecule has 31 heavy (non-hydrogen) atoms. The van der Waals surface area contributed by atoms with Gasteiger partial charge in [-0.3, -0.25) is 4.79 Å². The van der Waals surface area contributed by atoms with Gasteiger partial charge in [-0.15, -0.1) is 0 Å². The molecular weight excluding hydrogens is 430 g/mol. The molecule has 1 aliphatic heterocycles. The van der Waals surface area contributed by atoms with E-state index in [-0.39, 0.29) is 18.7 Å². The van der Waals surface area contributed by atoms with Gasteiger partial charge in [-0.2, -0.15) is 13.2 Å². The minimum atomic E-state index is -5.17. The third-order valence-corrected chi connectivity index (χ3v) is 5.18. The molecule has 0 spiro atoms. The highest BCUT2D eigenvalue weighted by Gasteiger charge is 2.52. The molecule has 2 atom stereocenters. The van der Waals surface area contributed by atoms with Gasteiger partial charge in [0.05, 0.1) is 11.6 Å². The summed E-state index contributed by atoms with van der Waals surface area (Å²) in [5.41, 5.74) is 0.882. The molecule has 1 unspecified atom stereocenters. The van der Waals surface area contributed by atoms with E-state index in [1.807, 2.05) is 0 Å². The van der Waals surface area contributed by atoms with E-state index in [2.05, 4.69) is 10.3 Å². The van der Waals surface area contributed by atoms with Crippen molar-refractivity contribution in [2.75, 3.05) is 13.1 Å². The van der Waals surface area contributed by atoms with Gasteiger partial charge in [0.25, 0.3) is 0 Å². The van der Waals surface area contributed by atoms with Crippen molar-refractivity contribution >= 4 is 11.9 Å². The first-order valence-electron chi connectivity index (χ1n) is 8.91. The van der Waals surface area contributed by atoms with Crippen molar-refractivity contribution in [1.82, 2.24) is 15.2 Å². The lowest BCUT2D eigenvalue weighted by atomic mass is 9.75. The van der Waals surface area contributed by atoms with E-state index in [4.69, 9.17) is 5.73 Å². The summed E-state index contributed by atoms with van der Waals surface area (Å²) in [6.45, 7) is 1.11. The molecular formula is C19H16F6N4O2. The van der Waals surface area contributed by atoms with Crippen molar-refractivity contribution in [2.45, 2.75) is 24.6 Å². The number of hydrogen-bond acceptors (Lipinski definition) is 3. The number of piperazine rings is 1. The quantitative estimate of drug-likeness (QED) is 0.711. The van der Waals surface area contributed by atoms with Gasteiger partial charge < -0.3 is 16.0 Å². The Kier molecular flexibility index (Phi) is 5.59. The highest BCUT2D eigenvalue weighted by molar-refractivity contribution is 5.93. The first kappa shape index (κ1) is 22.4. The van der Waals surface area contributed by atoms with Crippen LogP contribution in [0.2, 0.25) is 0 Å². The molecule has 3 amide bonds. The number of primary amides is 1. The predicted molar refractivity (Wildman–Crippen MR) is 95.1 cm³/mol. The second kappa shape index (κ2) is 7.75. The SMILES string of the molecule is CC1([C@H](c2ccc(F)c(F)c2)c2ccc(F)c(C(F)(F)F)n2)C(=O)NCCN1C(N)=O. The van der Waals surface area contributed by atoms with Crippen LogP contribution in [0, 0.1) is 17.5 Å². The highest BCUT2D eigenvalue weighted by atomic mass is 19.4. The average molecular weight is 446 g/mol. The smallest absolute Gasteiger partial charge is 0.352 e. The fraction of sp³-hybridized carbons (Fsp3) is 0.316. The van der Waals surface area contributed by atoms with Crippen LogP contribution in [0.1, 0.15) is 29.8 Å². The summed E-state index contributed by atoms with van der Waals surface area (Å²) in [7, 11) is 0. The summed E-state index contributed by atoms with van der Waals surface area (Å²) in [6.07, 6.45) is -5.17. The van der Waals surface area contributed by atoms with Crippen LogP contribution in [0.25, 0.3) is 0 Å². The number of nitrogens with two attached hydrogens (primary N) is 1. The topological polar surface area (TPSA) is 88.3 Å². The maximum Gasteiger partial charge on any atom is 0.436 e. The number of amides is 3. The van der Waals surface area contributed by atoms with Gasteiger partial charge >= 0.3 is 12.2 Å². The fourth-order valence-electron chi connectivity index (χ4n) is 3.73. The van der Waals surface area contributed by atoms with Gasteiger partial charge in [0.2, 0.25) is 5.91 Å². The Hall–Kier alpha value is -3.31. The molecule has 2 aromatic rings. The predicted octanol–water partition coefficient (Wildman–Crippen LogP) is 2.92. The standard InChI is InChI=1S/C19H16F6N4O2/c1-18(16(30)27-6-7-29(18)17(26)31)14(9-2-3-10(20)12(22)8-9)13-5-4-11(21)15(28-13)19(23,24)25/h2-5,8,14H,6-7H2,1H3,(H2,26,31)(H,27,30)/t14-,18?/m1/s1. The van der Waals surface area contributed by atoms with E-state index in [9.17, 15) is 35.9 Å². The Morgan fingerprint density at radius 3 is 2.39 bits per heavy atom. The number of urea groups is 1. The fourth-order valence-corrected chi connectivity index (χ4v) is 3.73. The molecule has 0 aliphatic carbocycles. The molecule has 0 bridgehead atoms. The van der Waals surface area contributed by atoms with Gasteiger partial charge in [-0.1, -0.05) is 6.07 Å². The van der Waals surface area contributed by atoms with Gasteiger partial charge in [0, 0.05) is 13.1 Å². The number of rotatable bonds is 3. The van der Waals surface area contributed by atoms with Gasteiger partial charge in [-0.25, -0.2) is 22.9 Å². The van der Waals surface area contributed by atoms with Crippen molar-refractivity contribution in [2.24, 2.45) is 5.73 Å². The summed E-state index contributed by atoms with van der Waals surface area (Å²) >= 11 is 0. The number of benzene rings is 1. The van der Waals surface area contributed by atoms with E-state index >= 15 is 0 Å². The number of aromatic nitrogens is 1. The second-order valence-electron chi connectivity index (χ2n) is 7.06. The lowest BCUT2D eigenvalue weighted by Crippen LogP contribution is -2.68. The number of halogens is 6. The van der Waals surface area contributed by atoms with Crippen LogP contribution in [0.4, 0.5) is 31.1 Å². The monoisotopic (exact) mass is 446 g/mol. The lowest BCUT2D eigenvalue weighted by molar-refractivity contribution is -0.143. The highest BCUT2D eigenvalue weighted by Crippen LogP contribution is 2.41. The molecule has 2 heterocycles. The van der Waals surface area contributed by atoms with Crippen LogP contribution >= 0.6 is 0 Å². The maximum absolute atomic E-state index is 14.0. The van der Waals surface area contributed by atoms with E-state index < -0.39 is 58.4 Å². The molecule has 6 nitrogen and oxygen atoms in total. The molecule has 1 saturated heterocycles. The van der Waals surface area contributed by atoms with Crippen molar-refractivity contribution in [3.05, 3.63) is 64.7 Å². The molecule has 1 aliphatic rings. The van der Waals surface area contributed by atoms with Gasteiger partial charge in [-0.05, 0) is 36.8 Å². The number of carbonyl (C=O) groups is 2. The van der Waals surface area contributed by atoms with Crippen LogP contribution in [-0.4, -0.2) is 40.5 Å². The Balaban J connectivity index is 2.32. The van der Waals surface area contributed by atoms with Crippen LogP contribution in [-0.2, 0) is 11.0 Å². The summed E-state index contributed by atoms with van der Waals surface area (Å²) in [4.78, 5) is 29.2. The number of nitrogens with one attached hydrogen (secondary N) is 1. The summed E-state index contributed by atoms with van der Waals surface area (Å²) in [5, 5.41) is 2.48. The molecule has 12 heteroatoms. The zero-order chi connectivity index (χ0) is 23.1. The zero-order valence-electron chi connectivity index (χ0n) is 15.9. The first-order chi connectivity index (χ1) is 14.4. The number of hydrogen-bond donors (Lipinski definition) is 2. The van der Waals surface area contributed by atoms with Crippen LogP contribution in [0.3, 0.4) is 0 Å². The van der Waals surface area contributed by atoms with Gasteiger partial charge in [0.1, 0.15) is 5.54 Å². The summed E-state index contributed by atoms with van der Waals surface area (Å²) in [6, 6.07) is 2.73. The molecule has 1 fully saturated rings. The average Bonchev–Trinajstić information content (AvgIpc) is 2.67. The molecule has 3 rings (SSSR count). The number of carbonyl (C=O) groups excluding carboxylic acids is 2. The van der Waals surface area contributed by atoms with Crippen molar-refractivity contribution in [3.8, 4) is 0 Å². The van der Waals surface area contributed by atoms with Crippen molar-refractivity contribution in [3.63, 3.8) is 0 Å². The zero-order valence-corrected chi connectivity index (χ0v) is 15.9. The number of nitrogens with zero attached hydrogens (tertiary/aromatic N) is 2. The Bertz CT molecular complexity index is 1040. The Labute approximate surface area is 172 Å². The van der Waals surface area contributed by atoms with E-state index in [0.29, 0.717) is 18.2 Å². The molecule has 0 saturated carbocycles. The van der Waals surface area contributed by atoms with Crippen molar-refractivity contribution < 1.29 is 35.9 Å². The van der Waals surface area contributed by atoms with Crippen LogP contribution in [0.15, 0.2) is 30.3 Å². The minimum absolute atomic E-state index is 0.00646. The molecule has 1 aromatic carbocycles. The number of pyridine rings is 1. The first-order valence-corrected chi connectivity index (χ1v) is 8.91. The van der Waals surface area contributed by atoms with Crippen LogP contribution < -0.4 is 11.1 Å². The normalized spacial score (nSPS) is 20.4. The van der Waals surface area contributed by atoms with Crippen molar-refractivity contribution in [1.29, 1.82) is 0 Å². The Morgan fingerprint density at radius 2 is 1.81 bits per heavy atom. The molecule has 3 N–H and O–H groups in total. The summed E-state index contributed by atoms with van der Waals surface area (Å²) < 4.78 is 81.1. The van der Waals surface area contributed by atoms with Crippen LogP contribution in [0.5, 0.6) is 0 Å². The second-order valence-corrected chi connectivity index (χ2v) is 7.06. The van der Waals surface area contributed by atoms with E-state index in [0.717, 1.165) is 17.0 Å². The third-order valence-electron chi connectivity index (χ3n) is 5.18. The van der Waals surface area contributed by atoms with Gasteiger partial charge in [0.15, 0.2) is 23.1 Å². The largest absolute Gasteiger partial charge is 0.436 e. The van der Waals surface area contributed by atoms with E-state index in [1.54, 1.807) is 0 Å². The molecule has 0 radical (unpaired) electrons. The molecule has 166 valence electrons. The third kappa shape index (κ3) is 3.89.